The number of urea groups is 1. The van der Waals surface area contributed by atoms with Crippen molar-refractivity contribution >= 4 is 11.7 Å². The second kappa shape index (κ2) is 6.58. The van der Waals surface area contributed by atoms with E-state index in [1.807, 2.05) is 25.2 Å². The minimum absolute atomic E-state index is 0.0550. The van der Waals surface area contributed by atoms with Gasteiger partial charge in [-0.1, -0.05) is 6.07 Å². The van der Waals surface area contributed by atoms with Gasteiger partial charge in [0, 0.05) is 37.9 Å². The van der Waals surface area contributed by atoms with Crippen LogP contribution in [0.5, 0.6) is 5.75 Å². The lowest BCUT2D eigenvalue weighted by Gasteiger charge is -2.39. The first-order valence-corrected chi connectivity index (χ1v) is 6.74. The van der Waals surface area contributed by atoms with Crippen LogP contribution in [-0.4, -0.2) is 62.2 Å². The van der Waals surface area contributed by atoms with E-state index in [2.05, 4.69) is 10.2 Å². The second-order valence-electron chi connectivity index (χ2n) is 5.01. The van der Waals surface area contributed by atoms with Gasteiger partial charge in [-0.3, -0.25) is 0 Å². The third-order valence-corrected chi connectivity index (χ3v) is 3.54. The number of carbonyl (C=O) groups is 1. The molecule has 1 heterocycles. The minimum atomic E-state index is -0.109. The topological polar surface area (TPSA) is 70.8 Å². The SMILES string of the molecule is COc1cccc(NC(=O)N2CCN(C)CC2CN)c1. The van der Waals surface area contributed by atoms with Gasteiger partial charge in [0.05, 0.1) is 13.2 Å². The molecular formula is C14H22N4O2. The lowest BCUT2D eigenvalue weighted by atomic mass is 10.2. The zero-order valence-electron chi connectivity index (χ0n) is 12.0. The Morgan fingerprint density at radius 3 is 3.00 bits per heavy atom. The summed E-state index contributed by atoms with van der Waals surface area (Å²) in [6, 6.07) is 7.27. The number of nitrogens with zero attached hydrogens (tertiary/aromatic N) is 2. The lowest BCUT2D eigenvalue weighted by Crippen LogP contribution is -2.57. The molecule has 1 atom stereocenters. The zero-order chi connectivity index (χ0) is 14.5. The van der Waals surface area contributed by atoms with Gasteiger partial charge in [0.1, 0.15) is 5.75 Å². The third-order valence-electron chi connectivity index (χ3n) is 3.54. The predicted molar refractivity (Wildman–Crippen MR) is 79.1 cm³/mol. The molecule has 0 spiro atoms. The molecule has 2 rings (SSSR count). The summed E-state index contributed by atoms with van der Waals surface area (Å²) in [7, 11) is 3.64. The van der Waals surface area contributed by atoms with Crippen molar-refractivity contribution in [2.24, 2.45) is 5.73 Å². The summed E-state index contributed by atoms with van der Waals surface area (Å²) in [5.41, 5.74) is 6.49. The summed E-state index contributed by atoms with van der Waals surface area (Å²) in [5, 5.41) is 2.90. The molecule has 1 aromatic rings. The van der Waals surface area contributed by atoms with Gasteiger partial charge >= 0.3 is 6.03 Å². The van der Waals surface area contributed by atoms with E-state index in [1.54, 1.807) is 18.1 Å². The molecule has 0 aromatic heterocycles. The van der Waals surface area contributed by atoms with Crippen molar-refractivity contribution in [2.75, 3.05) is 45.7 Å². The molecule has 1 saturated heterocycles. The summed E-state index contributed by atoms with van der Waals surface area (Å²) in [6.07, 6.45) is 0. The molecular weight excluding hydrogens is 256 g/mol. The number of rotatable bonds is 3. The van der Waals surface area contributed by atoms with E-state index in [1.165, 1.54) is 0 Å². The van der Waals surface area contributed by atoms with Gasteiger partial charge in [0.15, 0.2) is 0 Å². The molecule has 0 saturated carbocycles. The summed E-state index contributed by atoms with van der Waals surface area (Å²) < 4.78 is 5.15. The van der Waals surface area contributed by atoms with Gasteiger partial charge in [0.25, 0.3) is 0 Å². The fourth-order valence-corrected chi connectivity index (χ4v) is 2.38. The number of carbonyl (C=O) groups excluding carboxylic acids is 1. The van der Waals surface area contributed by atoms with Crippen molar-refractivity contribution < 1.29 is 9.53 Å². The first kappa shape index (κ1) is 14.6. The zero-order valence-corrected chi connectivity index (χ0v) is 12.0. The van der Waals surface area contributed by atoms with E-state index >= 15 is 0 Å². The Hall–Kier alpha value is -1.79. The summed E-state index contributed by atoms with van der Waals surface area (Å²) in [5.74, 6) is 0.719. The van der Waals surface area contributed by atoms with Gasteiger partial charge in [0.2, 0.25) is 0 Å². The van der Waals surface area contributed by atoms with Crippen LogP contribution in [0.15, 0.2) is 24.3 Å². The first-order chi connectivity index (χ1) is 9.63. The molecule has 1 aromatic carbocycles. The Labute approximate surface area is 119 Å². The number of nitrogens with one attached hydrogen (secondary N) is 1. The van der Waals surface area contributed by atoms with E-state index in [4.69, 9.17) is 10.5 Å². The number of likely N-dealkylation sites (N-methyl/N-ethyl adjacent to an activating group) is 1. The van der Waals surface area contributed by atoms with Crippen LogP contribution < -0.4 is 15.8 Å². The third kappa shape index (κ3) is 3.40. The molecule has 2 amide bonds. The minimum Gasteiger partial charge on any atom is -0.497 e. The van der Waals surface area contributed by atoms with E-state index in [9.17, 15) is 4.79 Å². The van der Waals surface area contributed by atoms with E-state index in [0.717, 1.165) is 24.5 Å². The van der Waals surface area contributed by atoms with Gasteiger partial charge < -0.3 is 25.6 Å². The first-order valence-electron chi connectivity index (χ1n) is 6.74. The number of piperazine rings is 1. The Morgan fingerprint density at radius 2 is 2.30 bits per heavy atom. The van der Waals surface area contributed by atoms with Gasteiger partial charge in [-0.05, 0) is 19.2 Å². The monoisotopic (exact) mass is 278 g/mol. The summed E-state index contributed by atoms with van der Waals surface area (Å²) in [6.45, 7) is 2.83. The number of ether oxygens (including phenoxy) is 1. The highest BCUT2D eigenvalue weighted by molar-refractivity contribution is 5.89. The van der Waals surface area contributed by atoms with Crippen molar-refractivity contribution in [3.05, 3.63) is 24.3 Å². The molecule has 1 aliphatic heterocycles. The van der Waals surface area contributed by atoms with Crippen molar-refractivity contribution in [3.8, 4) is 5.75 Å². The molecule has 0 bridgehead atoms. The van der Waals surface area contributed by atoms with Crippen LogP contribution >= 0.6 is 0 Å². The number of methoxy groups -OCH3 is 1. The largest absolute Gasteiger partial charge is 0.497 e. The number of hydrogen-bond acceptors (Lipinski definition) is 4. The number of hydrogen-bond donors (Lipinski definition) is 2. The Bertz CT molecular complexity index is 466. The Balaban J connectivity index is 2.03. The van der Waals surface area contributed by atoms with Crippen molar-refractivity contribution in [1.82, 2.24) is 9.80 Å². The quantitative estimate of drug-likeness (QED) is 0.858. The van der Waals surface area contributed by atoms with Crippen LogP contribution in [0.3, 0.4) is 0 Å². The number of amides is 2. The van der Waals surface area contributed by atoms with Crippen molar-refractivity contribution in [2.45, 2.75) is 6.04 Å². The molecule has 0 aliphatic carbocycles. The fourth-order valence-electron chi connectivity index (χ4n) is 2.38. The van der Waals surface area contributed by atoms with Crippen LogP contribution in [0.2, 0.25) is 0 Å². The summed E-state index contributed by atoms with van der Waals surface area (Å²) in [4.78, 5) is 16.3. The van der Waals surface area contributed by atoms with Crippen molar-refractivity contribution in [3.63, 3.8) is 0 Å². The highest BCUT2D eigenvalue weighted by atomic mass is 16.5. The lowest BCUT2D eigenvalue weighted by molar-refractivity contribution is 0.120. The van der Waals surface area contributed by atoms with Gasteiger partial charge in [-0.15, -0.1) is 0 Å². The summed E-state index contributed by atoms with van der Waals surface area (Å²) >= 11 is 0. The molecule has 3 N–H and O–H groups in total. The standard InChI is InChI=1S/C14H22N4O2/c1-17-6-7-18(12(9-15)10-17)14(19)16-11-4-3-5-13(8-11)20-2/h3-5,8,12H,6-7,9-10,15H2,1-2H3,(H,16,19). The van der Waals surface area contributed by atoms with Gasteiger partial charge in [-0.2, -0.15) is 0 Å². The molecule has 6 heteroatoms. The van der Waals surface area contributed by atoms with E-state index in [0.29, 0.717) is 13.1 Å². The fraction of sp³-hybridized carbons (Fsp3) is 0.500. The molecule has 0 radical (unpaired) electrons. The Kier molecular flexibility index (Phi) is 4.81. The number of nitrogens with two attached hydrogens (primary N) is 1. The highest BCUT2D eigenvalue weighted by Crippen LogP contribution is 2.18. The van der Waals surface area contributed by atoms with Crippen LogP contribution in [0, 0.1) is 0 Å². The van der Waals surface area contributed by atoms with E-state index < -0.39 is 0 Å². The van der Waals surface area contributed by atoms with Crippen LogP contribution in [-0.2, 0) is 0 Å². The van der Waals surface area contributed by atoms with Gasteiger partial charge in [-0.25, -0.2) is 4.79 Å². The number of anilines is 1. The highest BCUT2D eigenvalue weighted by Gasteiger charge is 2.27. The van der Waals surface area contributed by atoms with Crippen LogP contribution in [0.4, 0.5) is 10.5 Å². The maximum absolute atomic E-state index is 12.3. The predicted octanol–water partition coefficient (Wildman–Crippen LogP) is 0.802. The maximum Gasteiger partial charge on any atom is 0.322 e. The molecule has 1 aliphatic rings. The average Bonchev–Trinajstić information content (AvgIpc) is 2.47. The maximum atomic E-state index is 12.3. The van der Waals surface area contributed by atoms with Crippen LogP contribution in [0.25, 0.3) is 0 Å². The number of benzene rings is 1. The normalized spacial score (nSPS) is 19.8. The Morgan fingerprint density at radius 1 is 1.50 bits per heavy atom. The smallest absolute Gasteiger partial charge is 0.322 e. The van der Waals surface area contributed by atoms with Crippen molar-refractivity contribution in [1.29, 1.82) is 0 Å². The van der Waals surface area contributed by atoms with E-state index in [-0.39, 0.29) is 12.1 Å². The molecule has 1 fully saturated rings. The average molecular weight is 278 g/mol. The molecule has 110 valence electrons. The molecule has 20 heavy (non-hydrogen) atoms. The molecule has 6 nitrogen and oxygen atoms in total. The second-order valence-corrected chi connectivity index (χ2v) is 5.01. The molecule has 1 unspecified atom stereocenters. The van der Waals surface area contributed by atoms with Crippen LogP contribution in [0.1, 0.15) is 0 Å².